The summed E-state index contributed by atoms with van der Waals surface area (Å²) in [6.45, 7) is 9.60. The van der Waals surface area contributed by atoms with Crippen LogP contribution in [0.4, 0.5) is 0 Å². The van der Waals surface area contributed by atoms with E-state index in [0.29, 0.717) is 12.0 Å². The van der Waals surface area contributed by atoms with Gasteiger partial charge in [0, 0.05) is 0 Å². The van der Waals surface area contributed by atoms with Gasteiger partial charge < -0.3 is 4.74 Å². The summed E-state index contributed by atoms with van der Waals surface area (Å²) >= 11 is 4.21. The average Bonchev–Trinajstić information content (AvgIpc) is 1.99. The van der Waals surface area contributed by atoms with Crippen molar-refractivity contribution in [3.05, 3.63) is 0 Å². The fraction of sp³-hybridized carbons (Fsp3) is 1.00. The van der Waals surface area contributed by atoms with Gasteiger partial charge in [-0.05, 0) is 30.9 Å². The summed E-state index contributed by atoms with van der Waals surface area (Å²) in [7, 11) is 0. The number of rotatable bonds is 6. The molecule has 0 saturated carbocycles. The smallest absolute Gasteiger partial charge is 0.0549 e. The second-order valence-corrected chi connectivity index (χ2v) is 4.43. The van der Waals surface area contributed by atoms with Crippen molar-refractivity contribution in [1.82, 2.24) is 0 Å². The van der Waals surface area contributed by atoms with Gasteiger partial charge in [0.25, 0.3) is 0 Å². The predicted molar refractivity (Wildman–Crippen MR) is 57.9 cm³/mol. The molecule has 12 heavy (non-hydrogen) atoms. The van der Waals surface area contributed by atoms with E-state index in [1.54, 1.807) is 0 Å². The van der Waals surface area contributed by atoms with Gasteiger partial charge in [-0.15, -0.1) is 0 Å². The Bertz CT molecular complexity index is 104. The first-order valence-electron chi connectivity index (χ1n) is 4.78. The van der Waals surface area contributed by atoms with Crippen LogP contribution in [0.5, 0.6) is 0 Å². The number of hydrogen-bond acceptors (Lipinski definition) is 2. The molecule has 0 bridgehead atoms. The minimum absolute atomic E-state index is 0.396. The molecule has 0 heterocycles. The van der Waals surface area contributed by atoms with Gasteiger partial charge in [0.1, 0.15) is 0 Å². The van der Waals surface area contributed by atoms with E-state index in [1.165, 1.54) is 0 Å². The van der Waals surface area contributed by atoms with Gasteiger partial charge in [-0.3, -0.25) is 0 Å². The molecule has 0 aromatic rings. The van der Waals surface area contributed by atoms with E-state index in [1.807, 2.05) is 0 Å². The average molecular weight is 190 g/mol. The highest BCUT2D eigenvalue weighted by Crippen LogP contribution is 2.09. The summed E-state index contributed by atoms with van der Waals surface area (Å²) in [4.78, 5) is 0. The van der Waals surface area contributed by atoms with E-state index >= 15 is 0 Å². The van der Waals surface area contributed by atoms with Crippen molar-refractivity contribution in [3.8, 4) is 0 Å². The lowest BCUT2D eigenvalue weighted by Gasteiger charge is -2.17. The highest BCUT2D eigenvalue weighted by Gasteiger charge is 2.06. The first kappa shape index (κ1) is 12.3. The Labute approximate surface area is 82.3 Å². The van der Waals surface area contributed by atoms with Crippen molar-refractivity contribution in [1.29, 1.82) is 0 Å². The molecule has 0 aliphatic rings. The van der Waals surface area contributed by atoms with Gasteiger partial charge in [-0.2, -0.15) is 12.6 Å². The first-order chi connectivity index (χ1) is 5.56. The normalized spacial score (nSPS) is 16.5. The van der Waals surface area contributed by atoms with Gasteiger partial charge in [-0.25, -0.2) is 0 Å². The van der Waals surface area contributed by atoms with Crippen LogP contribution in [0.15, 0.2) is 0 Å². The summed E-state index contributed by atoms with van der Waals surface area (Å²) < 4.78 is 5.66. The van der Waals surface area contributed by atoms with Crippen LogP contribution in [0.1, 0.15) is 34.1 Å². The van der Waals surface area contributed by atoms with Crippen LogP contribution in [0.3, 0.4) is 0 Å². The summed E-state index contributed by atoms with van der Waals surface area (Å²) in [6.07, 6.45) is 1.55. The van der Waals surface area contributed by atoms with Gasteiger partial charge in [0.2, 0.25) is 0 Å². The highest BCUT2D eigenvalue weighted by molar-refractivity contribution is 7.80. The molecule has 0 aromatic carbocycles. The van der Waals surface area contributed by atoms with Crippen LogP contribution in [0, 0.1) is 11.8 Å². The Kier molecular flexibility index (Phi) is 6.96. The fourth-order valence-electron chi connectivity index (χ4n) is 1.11. The Morgan fingerprint density at radius 2 is 1.75 bits per heavy atom. The standard InChI is InChI=1S/C10H22OS/c1-8(2)5-10(4)11-6-9(3)7-12/h8-10,12H,5-7H2,1-4H3. The zero-order valence-electron chi connectivity index (χ0n) is 8.71. The lowest BCUT2D eigenvalue weighted by Crippen LogP contribution is -2.16. The molecule has 74 valence electrons. The molecule has 2 unspecified atom stereocenters. The van der Waals surface area contributed by atoms with E-state index in [9.17, 15) is 0 Å². The van der Waals surface area contributed by atoms with Crippen LogP contribution in [-0.2, 0) is 4.74 Å². The SMILES string of the molecule is CC(C)CC(C)OCC(C)CS. The molecule has 0 aliphatic carbocycles. The molecule has 0 N–H and O–H groups in total. The van der Waals surface area contributed by atoms with Crippen LogP contribution < -0.4 is 0 Å². The van der Waals surface area contributed by atoms with Crippen LogP contribution in [-0.4, -0.2) is 18.5 Å². The van der Waals surface area contributed by atoms with E-state index in [4.69, 9.17) is 4.74 Å². The number of ether oxygens (including phenoxy) is 1. The molecule has 0 aliphatic heterocycles. The molecular formula is C10H22OS. The molecule has 1 nitrogen and oxygen atoms in total. The Morgan fingerprint density at radius 3 is 2.17 bits per heavy atom. The van der Waals surface area contributed by atoms with E-state index in [2.05, 4.69) is 40.3 Å². The van der Waals surface area contributed by atoms with Crippen molar-refractivity contribution < 1.29 is 4.74 Å². The molecule has 0 amide bonds. The summed E-state index contributed by atoms with van der Waals surface area (Å²) in [5, 5.41) is 0. The lowest BCUT2D eigenvalue weighted by atomic mass is 10.1. The molecule has 0 rings (SSSR count). The van der Waals surface area contributed by atoms with Crippen molar-refractivity contribution in [2.75, 3.05) is 12.4 Å². The van der Waals surface area contributed by atoms with E-state index in [-0.39, 0.29) is 0 Å². The maximum Gasteiger partial charge on any atom is 0.0549 e. The van der Waals surface area contributed by atoms with Crippen LogP contribution in [0.2, 0.25) is 0 Å². The minimum Gasteiger partial charge on any atom is -0.378 e. The third kappa shape index (κ3) is 6.99. The molecule has 0 fully saturated rings. The third-order valence-corrected chi connectivity index (χ3v) is 2.40. The van der Waals surface area contributed by atoms with Crippen molar-refractivity contribution >= 4 is 12.6 Å². The Morgan fingerprint density at radius 1 is 1.17 bits per heavy atom. The number of thiol groups is 1. The highest BCUT2D eigenvalue weighted by atomic mass is 32.1. The fourth-order valence-corrected chi connectivity index (χ4v) is 1.22. The van der Waals surface area contributed by atoms with Gasteiger partial charge >= 0.3 is 0 Å². The Hall–Kier alpha value is 0.310. The maximum absolute atomic E-state index is 5.66. The van der Waals surface area contributed by atoms with Crippen LogP contribution in [0.25, 0.3) is 0 Å². The van der Waals surface area contributed by atoms with Gasteiger partial charge in [0.05, 0.1) is 12.7 Å². The third-order valence-electron chi connectivity index (χ3n) is 1.78. The van der Waals surface area contributed by atoms with Crippen molar-refractivity contribution in [3.63, 3.8) is 0 Å². The van der Waals surface area contributed by atoms with Gasteiger partial charge in [-0.1, -0.05) is 20.8 Å². The molecule has 0 spiro atoms. The zero-order chi connectivity index (χ0) is 9.56. The topological polar surface area (TPSA) is 9.23 Å². The molecular weight excluding hydrogens is 168 g/mol. The minimum atomic E-state index is 0.396. The summed E-state index contributed by atoms with van der Waals surface area (Å²) in [5.41, 5.74) is 0. The van der Waals surface area contributed by atoms with Crippen molar-refractivity contribution in [2.24, 2.45) is 11.8 Å². The molecule has 0 saturated heterocycles. The summed E-state index contributed by atoms with van der Waals surface area (Å²) in [6, 6.07) is 0. The second-order valence-electron chi connectivity index (χ2n) is 4.06. The largest absolute Gasteiger partial charge is 0.378 e. The molecule has 2 atom stereocenters. The summed E-state index contributed by atoms with van der Waals surface area (Å²) in [5.74, 6) is 2.21. The lowest BCUT2D eigenvalue weighted by molar-refractivity contribution is 0.0361. The van der Waals surface area contributed by atoms with Gasteiger partial charge in [0.15, 0.2) is 0 Å². The van der Waals surface area contributed by atoms with Crippen LogP contribution >= 0.6 is 12.6 Å². The molecule has 0 aromatic heterocycles. The number of hydrogen-bond donors (Lipinski definition) is 1. The quantitative estimate of drug-likeness (QED) is 0.633. The first-order valence-corrected chi connectivity index (χ1v) is 5.42. The van der Waals surface area contributed by atoms with E-state index < -0.39 is 0 Å². The van der Waals surface area contributed by atoms with E-state index in [0.717, 1.165) is 24.7 Å². The zero-order valence-corrected chi connectivity index (χ0v) is 9.60. The monoisotopic (exact) mass is 190 g/mol. The predicted octanol–water partition coefficient (Wildman–Crippen LogP) is 3.00. The Balaban J connectivity index is 3.36. The van der Waals surface area contributed by atoms with Crippen molar-refractivity contribution in [2.45, 2.75) is 40.2 Å². The maximum atomic E-state index is 5.66. The molecule has 0 radical (unpaired) electrons. The molecule has 2 heteroatoms. The second kappa shape index (κ2) is 6.79.